The second-order valence-corrected chi connectivity index (χ2v) is 5.49. The smallest absolute Gasteiger partial charge is 0.161 e. The van der Waals surface area contributed by atoms with E-state index in [1.54, 1.807) is 14.2 Å². The summed E-state index contributed by atoms with van der Waals surface area (Å²) in [5.74, 6) is 1.69. The number of nitrogens with one attached hydrogen (secondary N) is 1. The lowest BCUT2D eigenvalue weighted by Crippen LogP contribution is -2.47. The van der Waals surface area contributed by atoms with Crippen LogP contribution in [0.25, 0.3) is 0 Å². The molecule has 1 aromatic carbocycles. The molecule has 1 aliphatic heterocycles. The van der Waals surface area contributed by atoms with E-state index in [0.29, 0.717) is 5.54 Å². The van der Waals surface area contributed by atoms with Gasteiger partial charge in [-0.25, -0.2) is 0 Å². The second kappa shape index (κ2) is 4.47. The topological polar surface area (TPSA) is 30.5 Å². The Kier molecular flexibility index (Phi) is 2.94. The Hall–Kier alpha value is -1.22. The zero-order chi connectivity index (χ0) is 12.6. The van der Waals surface area contributed by atoms with Crippen LogP contribution in [0.2, 0.25) is 0 Å². The molecule has 3 heteroatoms. The molecule has 0 unspecified atom stereocenters. The molecule has 0 saturated heterocycles. The van der Waals surface area contributed by atoms with Gasteiger partial charge < -0.3 is 14.8 Å². The molecular formula is C15H21NO2. The van der Waals surface area contributed by atoms with Crippen LogP contribution in [0.4, 0.5) is 0 Å². The van der Waals surface area contributed by atoms with Gasteiger partial charge in [0.15, 0.2) is 11.5 Å². The van der Waals surface area contributed by atoms with Gasteiger partial charge in [0.2, 0.25) is 0 Å². The number of benzene rings is 1. The van der Waals surface area contributed by atoms with Crippen molar-refractivity contribution in [2.45, 2.75) is 44.2 Å². The summed E-state index contributed by atoms with van der Waals surface area (Å²) in [7, 11) is 3.40. The highest BCUT2D eigenvalue weighted by molar-refractivity contribution is 5.49. The highest BCUT2D eigenvalue weighted by Gasteiger charge is 2.37. The minimum absolute atomic E-state index is 0.354. The second-order valence-electron chi connectivity index (χ2n) is 5.49. The first-order valence-corrected chi connectivity index (χ1v) is 6.75. The van der Waals surface area contributed by atoms with Gasteiger partial charge in [0.1, 0.15) is 0 Å². The Labute approximate surface area is 108 Å². The van der Waals surface area contributed by atoms with Crippen LogP contribution in [-0.4, -0.2) is 19.8 Å². The van der Waals surface area contributed by atoms with Gasteiger partial charge in [0.05, 0.1) is 14.2 Å². The SMILES string of the molecule is COc1cc2c(cc1OC)CC1(CCCC1)NC2. The lowest BCUT2D eigenvalue weighted by molar-refractivity contribution is 0.304. The molecule has 3 nitrogen and oxygen atoms in total. The third-order valence-corrected chi connectivity index (χ3v) is 4.45. The van der Waals surface area contributed by atoms with E-state index in [1.165, 1.54) is 36.8 Å². The molecule has 98 valence electrons. The monoisotopic (exact) mass is 247 g/mol. The van der Waals surface area contributed by atoms with Crippen LogP contribution >= 0.6 is 0 Å². The van der Waals surface area contributed by atoms with Crippen molar-refractivity contribution in [3.05, 3.63) is 23.3 Å². The summed E-state index contributed by atoms with van der Waals surface area (Å²) >= 11 is 0. The maximum atomic E-state index is 5.41. The minimum atomic E-state index is 0.354. The molecule has 0 aromatic heterocycles. The van der Waals surface area contributed by atoms with E-state index in [9.17, 15) is 0 Å². The number of methoxy groups -OCH3 is 2. The third-order valence-electron chi connectivity index (χ3n) is 4.45. The molecule has 1 aromatic rings. The van der Waals surface area contributed by atoms with E-state index in [4.69, 9.17) is 9.47 Å². The normalized spacial score (nSPS) is 20.8. The minimum Gasteiger partial charge on any atom is -0.493 e. The Morgan fingerprint density at radius 3 is 2.22 bits per heavy atom. The van der Waals surface area contributed by atoms with Crippen LogP contribution in [0, 0.1) is 0 Å². The molecule has 1 heterocycles. The molecule has 0 bridgehead atoms. The summed E-state index contributed by atoms with van der Waals surface area (Å²) in [5.41, 5.74) is 3.13. The van der Waals surface area contributed by atoms with Gasteiger partial charge in [-0.1, -0.05) is 12.8 Å². The Morgan fingerprint density at radius 2 is 1.61 bits per heavy atom. The molecule has 1 N–H and O–H groups in total. The van der Waals surface area contributed by atoms with Crippen molar-refractivity contribution >= 4 is 0 Å². The first-order valence-electron chi connectivity index (χ1n) is 6.75. The van der Waals surface area contributed by atoms with E-state index in [2.05, 4.69) is 17.4 Å². The van der Waals surface area contributed by atoms with Crippen molar-refractivity contribution in [3.8, 4) is 11.5 Å². The molecular weight excluding hydrogens is 226 g/mol. The standard InChI is InChI=1S/C15H21NO2/c1-17-13-7-11-9-15(5-3-4-6-15)16-10-12(11)8-14(13)18-2/h7-8,16H,3-6,9-10H2,1-2H3. The summed E-state index contributed by atoms with van der Waals surface area (Å²) in [6.07, 6.45) is 6.45. The van der Waals surface area contributed by atoms with E-state index < -0.39 is 0 Å². The molecule has 2 aliphatic rings. The maximum absolute atomic E-state index is 5.41. The Balaban J connectivity index is 1.95. The average molecular weight is 247 g/mol. The van der Waals surface area contributed by atoms with Crippen LogP contribution in [0.15, 0.2) is 12.1 Å². The van der Waals surface area contributed by atoms with E-state index in [1.807, 2.05) is 0 Å². The summed E-state index contributed by atoms with van der Waals surface area (Å²) in [4.78, 5) is 0. The number of rotatable bonds is 2. The predicted octanol–water partition coefficient (Wildman–Crippen LogP) is 2.66. The molecule has 18 heavy (non-hydrogen) atoms. The van der Waals surface area contributed by atoms with Gasteiger partial charge in [-0.15, -0.1) is 0 Å². The molecule has 0 amide bonds. The fourth-order valence-corrected chi connectivity index (χ4v) is 3.41. The van der Waals surface area contributed by atoms with Crippen LogP contribution in [-0.2, 0) is 13.0 Å². The lowest BCUT2D eigenvalue weighted by Gasteiger charge is -2.36. The quantitative estimate of drug-likeness (QED) is 0.871. The molecule has 1 spiro atoms. The summed E-state index contributed by atoms with van der Waals surface area (Å²) in [6, 6.07) is 4.28. The Morgan fingerprint density at radius 1 is 1.00 bits per heavy atom. The fraction of sp³-hybridized carbons (Fsp3) is 0.600. The Bertz CT molecular complexity index is 450. The zero-order valence-corrected chi connectivity index (χ0v) is 11.2. The van der Waals surface area contributed by atoms with Gasteiger partial charge >= 0.3 is 0 Å². The number of ether oxygens (including phenoxy) is 2. The number of hydrogen-bond donors (Lipinski definition) is 1. The predicted molar refractivity (Wildman–Crippen MR) is 71.3 cm³/mol. The van der Waals surface area contributed by atoms with Crippen molar-refractivity contribution in [1.29, 1.82) is 0 Å². The van der Waals surface area contributed by atoms with Crippen molar-refractivity contribution in [2.75, 3.05) is 14.2 Å². The van der Waals surface area contributed by atoms with Crippen molar-refractivity contribution in [3.63, 3.8) is 0 Å². The van der Waals surface area contributed by atoms with Gasteiger partial charge in [-0.3, -0.25) is 0 Å². The van der Waals surface area contributed by atoms with Gasteiger partial charge in [0.25, 0.3) is 0 Å². The first-order chi connectivity index (χ1) is 8.76. The third kappa shape index (κ3) is 1.87. The van der Waals surface area contributed by atoms with E-state index in [-0.39, 0.29) is 0 Å². The van der Waals surface area contributed by atoms with Crippen LogP contribution < -0.4 is 14.8 Å². The highest BCUT2D eigenvalue weighted by atomic mass is 16.5. The fourth-order valence-electron chi connectivity index (χ4n) is 3.41. The largest absolute Gasteiger partial charge is 0.493 e. The van der Waals surface area contributed by atoms with E-state index in [0.717, 1.165) is 24.5 Å². The number of hydrogen-bond acceptors (Lipinski definition) is 3. The van der Waals surface area contributed by atoms with Crippen molar-refractivity contribution < 1.29 is 9.47 Å². The lowest BCUT2D eigenvalue weighted by atomic mass is 9.83. The molecule has 1 aliphatic carbocycles. The zero-order valence-electron chi connectivity index (χ0n) is 11.2. The molecule has 0 atom stereocenters. The summed E-state index contributed by atoms with van der Waals surface area (Å²) in [5, 5.41) is 3.74. The first kappa shape index (κ1) is 11.8. The maximum Gasteiger partial charge on any atom is 0.161 e. The van der Waals surface area contributed by atoms with Crippen molar-refractivity contribution in [1.82, 2.24) is 5.32 Å². The molecule has 1 saturated carbocycles. The van der Waals surface area contributed by atoms with Crippen molar-refractivity contribution in [2.24, 2.45) is 0 Å². The highest BCUT2D eigenvalue weighted by Crippen LogP contribution is 2.40. The van der Waals surface area contributed by atoms with Gasteiger partial charge in [-0.05, 0) is 42.5 Å². The number of fused-ring (bicyclic) bond motifs is 1. The van der Waals surface area contributed by atoms with Gasteiger partial charge in [-0.2, -0.15) is 0 Å². The summed E-state index contributed by atoms with van der Waals surface area (Å²) < 4.78 is 10.8. The van der Waals surface area contributed by atoms with Gasteiger partial charge in [0, 0.05) is 12.1 Å². The molecule has 0 radical (unpaired) electrons. The summed E-state index contributed by atoms with van der Waals surface area (Å²) in [6.45, 7) is 0.954. The average Bonchev–Trinajstić information content (AvgIpc) is 2.85. The van der Waals surface area contributed by atoms with Crippen LogP contribution in [0.1, 0.15) is 36.8 Å². The molecule has 1 fully saturated rings. The van der Waals surface area contributed by atoms with E-state index >= 15 is 0 Å². The van der Waals surface area contributed by atoms with Crippen LogP contribution in [0.3, 0.4) is 0 Å². The van der Waals surface area contributed by atoms with Crippen LogP contribution in [0.5, 0.6) is 11.5 Å². The molecule has 3 rings (SSSR count).